The van der Waals surface area contributed by atoms with Gasteiger partial charge < -0.3 is 5.11 Å². The Morgan fingerprint density at radius 1 is 0.885 bits per heavy atom. The molecule has 0 unspecified atom stereocenters. The third kappa shape index (κ3) is 18.2. The minimum atomic E-state index is -0.759. The number of carboxylic acids is 1. The molecule has 0 saturated heterocycles. The third-order valence-corrected chi connectivity index (χ3v) is 3.32. The van der Waals surface area contributed by atoms with E-state index in [0.717, 1.165) is 25.7 Å². The van der Waals surface area contributed by atoms with Crippen molar-refractivity contribution in [3.05, 3.63) is 72.9 Å². The Balaban J connectivity index is 3.77. The first-order valence-electron chi connectivity index (χ1n) is 9.16. The van der Waals surface area contributed by atoms with Crippen molar-refractivity contribution in [2.45, 2.75) is 58.0 Å². The van der Waals surface area contributed by atoms with Crippen LogP contribution in [0.25, 0.3) is 0 Å². The number of hydrogen-bond acceptors (Lipinski definition) is 3. The molecule has 0 amide bonds. The number of carboxylic acid groups (broad SMARTS) is 1. The second-order valence-corrected chi connectivity index (χ2v) is 5.63. The summed E-state index contributed by atoms with van der Waals surface area (Å²) in [5, 5.41) is 17.3. The van der Waals surface area contributed by atoms with Gasteiger partial charge in [-0.2, -0.15) is 0 Å². The van der Waals surface area contributed by atoms with Crippen molar-refractivity contribution in [2.75, 3.05) is 0 Å². The fraction of sp³-hybridized carbons (Fsp3) is 0.409. The van der Waals surface area contributed by atoms with Gasteiger partial charge in [0, 0.05) is 6.42 Å². The Hall–Kier alpha value is -2.17. The molecule has 0 fully saturated rings. The summed E-state index contributed by atoms with van der Waals surface area (Å²) in [6, 6.07) is 0. The van der Waals surface area contributed by atoms with Crippen LogP contribution in [0.15, 0.2) is 72.9 Å². The van der Waals surface area contributed by atoms with Crippen molar-refractivity contribution in [3.8, 4) is 0 Å². The molecule has 0 aliphatic carbocycles. The van der Waals surface area contributed by atoms with Gasteiger partial charge in [-0.3, -0.25) is 10.1 Å². The molecule has 0 aliphatic rings. The molecule has 26 heavy (non-hydrogen) atoms. The van der Waals surface area contributed by atoms with Gasteiger partial charge >= 0.3 is 5.97 Å². The Morgan fingerprint density at radius 2 is 1.50 bits per heavy atom. The van der Waals surface area contributed by atoms with Gasteiger partial charge in [0.05, 0.1) is 0 Å². The molecule has 0 radical (unpaired) electrons. The average Bonchev–Trinajstić information content (AvgIpc) is 2.63. The molecule has 2 N–H and O–H groups in total. The fourth-order valence-corrected chi connectivity index (χ4v) is 1.94. The Kier molecular flexibility index (Phi) is 17.6. The zero-order valence-electron chi connectivity index (χ0n) is 15.7. The van der Waals surface area contributed by atoms with Crippen molar-refractivity contribution in [3.63, 3.8) is 0 Å². The van der Waals surface area contributed by atoms with Crippen molar-refractivity contribution in [1.82, 2.24) is 0 Å². The van der Waals surface area contributed by atoms with Gasteiger partial charge in [0.25, 0.3) is 0 Å². The zero-order chi connectivity index (χ0) is 19.3. The SMILES string of the molecule is CC/C=C\C[C@H](/C=C/C=C\C/C=C\C/C=C\C/C=C\CCC(=O)O)OO. The third-order valence-electron chi connectivity index (χ3n) is 3.32. The van der Waals surface area contributed by atoms with Crippen LogP contribution in [0.4, 0.5) is 0 Å². The highest BCUT2D eigenvalue weighted by Crippen LogP contribution is 2.02. The molecule has 4 heteroatoms. The van der Waals surface area contributed by atoms with E-state index in [0.29, 0.717) is 12.8 Å². The molecule has 0 aliphatic heterocycles. The number of carbonyl (C=O) groups is 1. The van der Waals surface area contributed by atoms with Crippen LogP contribution in [0.3, 0.4) is 0 Å². The van der Waals surface area contributed by atoms with E-state index in [1.54, 1.807) is 0 Å². The Morgan fingerprint density at radius 3 is 2.08 bits per heavy atom. The van der Waals surface area contributed by atoms with Gasteiger partial charge in [0.2, 0.25) is 0 Å². The molecule has 0 bridgehead atoms. The lowest BCUT2D eigenvalue weighted by atomic mass is 10.2. The lowest BCUT2D eigenvalue weighted by molar-refractivity contribution is -0.264. The second-order valence-electron chi connectivity index (χ2n) is 5.63. The first-order chi connectivity index (χ1) is 12.7. The summed E-state index contributed by atoms with van der Waals surface area (Å²) in [7, 11) is 0. The Bertz CT molecular complexity index is 510. The second kappa shape index (κ2) is 19.2. The van der Waals surface area contributed by atoms with Crippen molar-refractivity contribution < 1.29 is 20.0 Å². The predicted molar refractivity (Wildman–Crippen MR) is 108 cm³/mol. The van der Waals surface area contributed by atoms with Crippen molar-refractivity contribution in [1.29, 1.82) is 0 Å². The highest BCUT2D eigenvalue weighted by atomic mass is 17.1. The van der Waals surface area contributed by atoms with Crippen LogP contribution < -0.4 is 0 Å². The number of rotatable bonds is 15. The van der Waals surface area contributed by atoms with Crippen LogP contribution in [0.5, 0.6) is 0 Å². The van der Waals surface area contributed by atoms with Crippen LogP contribution in [0.2, 0.25) is 0 Å². The summed E-state index contributed by atoms with van der Waals surface area (Å²) in [4.78, 5) is 14.7. The van der Waals surface area contributed by atoms with E-state index in [4.69, 9.17) is 10.4 Å². The van der Waals surface area contributed by atoms with Gasteiger partial charge in [-0.05, 0) is 38.5 Å². The lowest BCUT2D eigenvalue weighted by Crippen LogP contribution is -2.04. The smallest absolute Gasteiger partial charge is 0.303 e. The molecule has 0 spiro atoms. The molecule has 4 nitrogen and oxygen atoms in total. The summed E-state index contributed by atoms with van der Waals surface area (Å²) in [5.41, 5.74) is 0. The zero-order valence-corrected chi connectivity index (χ0v) is 15.7. The normalized spacial score (nSPS) is 14.2. The summed E-state index contributed by atoms with van der Waals surface area (Å²) in [5.74, 6) is -0.759. The van der Waals surface area contributed by atoms with Crippen LogP contribution >= 0.6 is 0 Å². The molecule has 0 aromatic heterocycles. The van der Waals surface area contributed by atoms with Gasteiger partial charge in [-0.1, -0.05) is 79.8 Å². The summed E-state index contributed by atoms with van der Waals surface area (Å²) >= 11 is 0. The van der Waals surface area contributed by atoms with Gasteiger partial charge in [-0.25, -0.2) is 4.89 Å². The maximum absolute atomic E-state index is 10.3. The number of aliphatic carboxylic acids is 1. The van der Waals surface area contributed by atoms with Gasteiger partial charge in [0.1, 0.15) is 6.10 Å². The van der Waals surface area contributed by atoms with Crippen molar-refractivity contribution >= 4 is 5.97 Å². The number of allylic oxidation sites excluding steroid dienone is 10. The fourth-order valence-electron chi connectivity index (χ4n) is 1.94. The average molecular weight is 360 g/mol. The maximum Gasteiger partial charge on any atom is 0.303 e. The molecule has 0 aromatic rings. The van der Waals surface area contributed by atoms with Crippen LogP contribution in [0, 0.1) is 0 Å². The molecule has 0 saturated carbocycles. The Labute approximate surface area is 157 Å². The van der Waals surface area contributed by atoms with E-state index in [9.17, 15) is 4.79 Å². The van der Waals surface area contributed by atoms with Crippen LogP contribution in [-0.4, -0.2) is 22.4 Å². The van der Waals surface area contributed by atoms with Gasteiger partial charge in [-0.15, -0.1) is 0 Å². The maximum atomic E-state index is 10.3. The van der Waals surface area contributed by atoms with E-state index in [2.05, 4.69) is 36.1 Å². The highest BCUT2D eigenvalue weighted by Gasteiger charge is 1.99. The molecule has 144 valence electrons. The first-order valence-corrected chi connectivity index (χ1v) is 9.16. The first kappa shape index (κ1) is 23.8. The quantitative estimate of drug-likeness (QED) is 0.162. The number of hydrogen-bond donors (Lipinski definition) is 2. The standard InChI is InChI=1S/C22H32O4/c1-2-3-15-18-21(26-25)19-16-13-11-9-7-5-4-6-8-10-12-14-17-20-22(23)24/h3,5-8,11-16,19,21,25H,2,4,9-10,17-18,20H2,1H3,(H,23,24)/b7-5-,8-6-,13-11-,14-12-,15-3-,19-16+/t21-/m1/s1. The summed E-state index contributed by atoms with van der Waals surface area (Å²) in [6.45, 7) is 2.06. The molecular weight excluding hydrogens is 328 g/mol. The molecular formula is C22H32O4. The molecule has 0 aromatic carbocycles. The van der Waals surface area contributed by atoms with Crippen molar-refractivity contribution in [2.24, 2.45) is 0 Å². The summed E-state index contributed by atoms with van der Waals surface area (Å²) in [6.07, 6.45) is 28.7. The largest absolute Gasteiger partial charge is 0.481 e. The van der Waals surface area contributed by atoms with Crippen LogP contribution in [0.1, 0.15) is 51.9 Å². The van der Waals surface area contributed by atoms with E-state index >= 15 is 0 Å². The van der Waals surface area contributed by atoms with Crippen LogP contribution in [-0.2, 0) is 9.68 Å². The molecule has 0 heterocycles. The predicted octanol–water partition coefficient (Wildman–Crippen LogP) is 6.02. The van der Waals surface area contributed by atoms with E-state index in [1.165, 1.54) is 0 Å². The minimum absolute atomic E-state index is 0.190. The molecule has 1 atom stereocenters. The summed E-state index contributed by atoms with van der Waals surface area (Å²) < 4.78 is 0. The van der Waals surface area contributed by atoms with E-state index in [1.807, 2.05) is 48.6 Å². The minimum Gasteiger partial charge on any atom is -0.481 e. The van der Waals surface area contributed by atoms with E-state index in [-0.39, 0.29) is 12.5 Å². The lowest BCUT2D eigenvalue weighted by Gasteiger charge is -2.03. The van der Waals surface area contributed by atoms with E-state index < -0.39 is 5.97 Å². The topological polar surface area (TPSA) is 66.8 Å². The molecule has 0 rings (SSSR count). The highest BCUT2D eigenvalue weighted by molar-refractivity contribution is 5.66. The monoisotopic (exact) mass is 360 g/mol. The van der Waals surface area contributed by atoms with Gasteiger partial charge in [0.15, 0.2) is 0 Å².